The van der Waals surface area contributed by atoms with Crippen LogP contribution in [0.5, 0.6) is 0 Å². The van der Waals surface area contributed by atoms with E-state index < -0.39 is 10.8 Å². The van der Waals surface area contributed by atoms with Gasteiger partial charge in [-0.05, 0) is 31.5 Å². The molecule has 0 aromatic heterocycles. The quantitative estimate of drug-likeness (QED) is 0.813. The van der Waals surface area contributed by atoms with Gasteiger partial charge in [0.2, 0.25) is 0 Å². The Morgan fingerprint density at radius 3 is 2.75 bits per heavy atom. The lowest BCUT2D eigenvalue weighted by Crippen LogP contribution is -2.36. The zero-order valence-corrected chi connectivity index (χ0v) is 13.6. The smallest absolute Gasteiger partial charge is 0.253 e. The molecule has 4 nitrogen and oxygen atoms in total. The fraction of sp³-hybridized carbons (Fsp3) is 0.500. The largest absolute Gasteiger partial charge is 0.384 e. The van der Waals surface area contributed by atoms with Crippen LogP contribution in [-0.4, -0.2) is 34.7 Å². The van der Waals surface area contributed by atoms with Crippen molar-refractivity contribution in [3.05, 3.63) is 28.8 Å². The van der Waals surface area contributed by atoms with Gasteiger partial charge < -0.3 is 10.6 Å². The van der Waals surface area contributed by atoms with Crippen molar-refractivity contribution < 1.29 is 9.00 Å². The standard InChI is InChI=1S/C14H21ClN2O2S/c1-4-7-16-13-6-5-11(15)8-12(13)14(18)17-10(2)9-20(3)19/h5-6,8,10,16H,4,7,9H2,1-3H3,(H,17,18). The molecule has 1 aromatic carbocycles. The second-order valence-corrected chi connectivity index (χ2v) is 6.65. The van der Waals surface area contributed by atoms with Crippen molar-refractivity contribution in [3.8, 4) is 0 Å². The number of rotatable bonds is 7. The van der Waals surface area contributed by atoms with Crippen LogP contribution in [0.3, 0.4) is 0 Å². The Morgan fingerprint density at radius 2 is 2.15 bits per heavy atom. The number of carbonyl (C=O) groups excluding carboxylic acids is 1. The van der Waals surface area contributed by atoms with E-state index in [0.717, 1.165) is 18.7 Å². The van der Waals surface area contributed by atoms with Gasteiger partial charge >= 0.3 is 0 Å². The van der Waals surface area contributed by atoms with Crippen molar-refractivity contribution in [2.75, 3.05) is 23.9 Å². The lowest BCUT2D eigenvalue weighted by Gasteiger charge is -2.15. The fourth-order valence-corrected chi connectivity index (χ4v) is 2.77. The molecule has 1 amide bonds. The summed E-state index contributed by atoms with van der Waals surface area (Å²) in [6, 6.07) is 5.05. The maximum absolute atomic E-state index is 12.3. The van der Waals surface area contributed by atoms with Crippen molar-refractivity contribution in [1.82, 2.24) is 5.32 Å². The lowest BCUT2D eigenvalue weighted by atomic mass is 10.1. The third-order valence-corrected chi connectivity index (χ3v) is 3.86. The molecule has 0 aliphatic carbocycles. The minimum absolute atomic E-state index is 0.147. The first-order valence-corrected chi connectivity index (χ1v) is 8.68. The summed E-state index contributed by atoms with van der Waals surface area (Å²) >= 11 is 5.96. The van der Waals surface area contributed by atoms with Crippen molar-refractivity contribution in [2.24, 2.45) is 0 Å². The molecule has 20 heavy (non-hydrogen) atoms. The van der Waals surface area contributed by atoms with Crippen LogP contribution in [-0.2, 0) is 10.8 Å². The predicted octanol–water partition coefficient (Wildman–Crippen LogP) is 2.66. The molecule has 0 bridgehead atoms. The monoisotopic (exact) mass is 316 g/mol. The van der Waals surface area contributed by atoms with Gasteiger partial charge in [-0.25, -0.2) is 0 Å². The summed E-state index contributed by atoms with van der Waals surface area (Å²) in [7, 11) is -0.939. The first kappa shape index (κ1) is 17.0. The summed E-state index contributed by atoms with van der Waals surface area (Å²) in [4.78, 5) is 12.3. The molecule has 0 aliphatic rings. The number of benzene rings is 1. The zero-order valence-electron chi connectivity index (χ0n) is 12.0. The van der Waals surface area contributed by atoms with Crippen LogP contribution in [0.4, 0.5) is 5.69 Å². The molecule has 1 aromatic rings. The zero-order chi connectivity index (χ0) is 15.1. The van der Waals surface area contributed by atoms with Gasteiger partial charge in [0.15, 0.2) is 0 Å². The fourth-order valence-electron chi connectivity index (χ4n) is 1.81. The highest BCUT2D eigenvalue weighted by Gasteiger charge is 2.15. The molecule has 0 heterocycles. The minimum Gasteiger partial charge on any atom is -0.384 e. The molecule has 0 fully saturated rings. The molecule has 6 heteroatoms. The maximum Gasteiger partial charge on any atom is 0.253 e. The third kappa shape index (κ3) is 5.51. The summed E-state index contributed by atoms with van der Waals surface area (Å²) < 4.78 is 11.2. The molecule has 0 saturated heterocycles. The Kier molecular flexibility index (Phi) is 7.02. The summed E-state index contributed by atoms with van der Waals surface area (Å²) in [5.41, 5.74) is 1.28. The van der Waals surface area contributed by atoms with Crippen molar-refractivity contribution in [3.63, 3.8) is 0 Å². The van der Waals surface area contributed by atoms with Gasteiger partial charge in [0.25, 0.3) is 5.91 Å². The second-order valence-electron chi connectivity index (χ2n) is 4.73. The maximum atomic E-state index is 12.3. The van der Waals surface area contributed by atoms with Crippen LogP contribution in [0.1, 0.15) is 30.6 Å². The molecule has 2 unspecified atom stereocenters. The number of hydrogen-bond donors (Lipinski definition) is 2. The summed E-state index contributed by atoms with van der Waals surface area (Å²) in [5.74, 6) is 0.230. The van der Waals surface area contributed by atoms with Crippen LogP contribution in [0.25, 0.3) is 0 Å². The lowest BCUT2D eigenvalue weighted by molar-refractivity contribution is 0.0944. The van der Waals surface area contributed by atoms with Crippen molar-refractivity contribution >= 4 is 34.0 Å². The van der Waals surface area contributed by atoms with Crippen LogP contribution < -0.4 is 10.6 Å². The van der Waals surface area contributed by atoms with Gasteiger partial charge in [-0.3, -0.25) is 9.00 Å². The van der Waals surface area contributed by atoms with Gasteiger partial charge in [0.05, 0.1) is 5.56 Å². The second kappa shape index (κ2) is 8.27. The molecule has 0 saturated carbocycles. The van der Waals surface area contributed by atoms with Gasteiger partial charge in [-0.15, -0.1) is 0 Å². The molecule has 2 atom stereocenters. The van der Waals surface area contributed by atoms with E-state index in [1.165, 1.54) is 0 Å². The van der Waals surface area contributed by atoms with Gasteiger partial charge in [-0.2, -0.15) is 0 Å². The van der Waals surface area contributed by atoms with Crippen LogP contribution in [0, 0.1) is 0 Å². The van der Waals surface area contributed by atoms with Crippen molar-refractivity contribution in [2.45, 2.75) is 26.3 Å². The number of carbonyl (C=O) groups is 1. The van der Waals surface area contributed by atoms with E-state index >= 15 is 0 Å². The average Bonchev–Trinajstić information content (AvgIpc) is 2.36. The molecule has 0 spiro atoms. The average molecular weight is 317 g/mol. The highest BCUT2D eigenvalue weighted by atomic mass is 35.5. The van der Waals surface area contributed by atoms with Gasteiger partial charge in [0, 0.05) is 46.1 Å². The Hall–Kier alpha value is -1.07. The third-order valence-electron chi connectivity index (χ3n) is 2.65. The summed E-state index contributed by atoms with van der Waals surface area (Å²) in [6.07, 6.45) is 2.59. The molecule has 112 valence electrons. The van der Waals surface area contributed by atoms with E-state index in [-0.39, 0.29) is 11.9 Å². The normalized spacial score (nSPS) is 13.6. The Morgan fingerprint density at radius 1 is 1.45 bits per heavy atom. The minimum atomic E-state index is -0.939. The number of anilines is 1. The van der Waals surface area contributed by atoms with Crippen molar-refractivity contribution in [1.29, 1.82) is 0 Å². The summed E-state index contributed by atoms with van der Waals surface area (Å²) in [5, 5.41) is 6.56. The van der Waals surface area contributed by atoms with E-state index in [9.17, 15) is 9.00 Å². The van der Waals surface area contributed by atoms with E-state index in [2.05, 4.69) is 17.6 Å². The van der Waals surface area contributed by atoms with E-state index in [0.29, 0.717) is 16.3 Å². The molecule has 2 N–H and O–H groups in total. The molecular weight excluding hydrogens is 296 g/mol. The Balaban J connectivity index is 2.84. The predicted molar refractivity (Wildman–Crippen MR) is 86.1 cm³/mol. The highest BCUT2D eigenvalue weighted by molar-refractivity contribution is 7.84. The summed E-state index contributed by atoms with van der Waals surface area (Å²) in [6.45, 7) is 4.68. The Labute approximate surface area is 127 Å². The highest BCUT2D eigenvalue weighted by Crippen LogP contribution is 2.21. The SMILES string of the molecule is CCCNc1ccc(Cl)cc1C(=O)NC(C)CS(C)=O. The molecule has 1 rings (SSSR count). The van der Waals surface area contributed by atoms with E-state index in [1.54, 1.807) is 24.5 Å². The topological polar surface area (TPSA) is 58.2 Å². The van der Waals surface area contributed by atoms with Crippen LogP contribution >= 0.6 is 11.6 Å². The van der Waals surface area contributed by atoms with E-state index in [4.69, 9.17) is 11.6 Å². The molecule has 0 radical (unpaired) electrons. The number of hydrogen-bond acceptors (Lipinski definition) is 3. The molecular formula is C14H21ClN2O2S. The molecule has 0 aliphatic heterocycles. The number of nitrogens with one attached hydrogen (secondary N) is 2. The van der Waals surface area contributed by atoms with E-state index in [1.807, 2.05) is 6.92 Å². The van der Waals surface area contributed by atoms with Crippen LogP contribution in [0.2, 0.25) is 5.02 Å². The number of halogens is 1. The number of amides is 1. The Bertz CT molecular complexity index is 494. The van der Waals surface area contributed by atoms with Gasteiger partial charge in [-0.1, -0.05) is 18.5 Å². The first-order valence-electron chi connectivity index (χ1n) is 6.58. The first-order chi connectivity index (χ1) is 9.43. The van der Waals surface area contributed by atoms with Crippen LogP contribution in [0.15, 0.2) is 18.2 Å². The van der Waals surface area contributed by atoms with Gasteiger partial charge in [0.1, 0.15) is 0 Å².